The Balaban J connectivity index is 2.19. The number of para-hydroxylation sites is 1. The van der Waals surface area contributed by atoms with Gasteiger partial charge in [0.05, 0.1) is 5.56 Å². The first-order valence-corrected chi connectivity index (χ1v) is 6.99. The summed E-state index contributed by atoms with van der Waals surface area (Å²) in [5.41, 5.74) is 7.63. The lowest BCUT2D eigenvalue weighted by atomic mass is 9.93. The Morgan fingerprint density at radius 1 is 0.850 bits per heavy atom. The summed E-state index contributed by atoms with van der Waals surface area (Å²) in [5, 5.41) is 0. The summed E-state index contributed by atoms with van der Waals surface area (Å²) >= 11 is 0. The van der Waals surface area contributed by atoms with E-state index in [2.05, 4.69) is 62.8 Å². The van der Waals surface area contributed by atoms with Crippen LogP contribution in [0.4, 0.5) is 5.69 Å². The number of ether oxygens (including phenoxy) is 1. The molecule has 2 aromatic carbocycles. The van der Waals surface area contributed by atoms with E-state index in [0.717, 1.165) is 11.4 Å². The molecule has 1 aliphatic heterocycles. The summed E-state index contributed by atoms with van der Waals surface area (Å²) < 4.78 is 8.19. The van der Waals surface area contributed by atoms with E-state index < -0.39 is 0 Å². The molecule has 0 bridgehead atoms. The van der Waals surface area contributed by atoms with Gasteiger partial charge in [-0.25, -0.2) is 0 Å². The van der Waals surface area contributed by atoms with Crippen LogP contribution in [0.1, 0.15) is 27.8 Å². The van der Waals surface area contributed by atoms with Crippen LogP contribution in [0.25, 0.3) is 0 Å². The summed E-state index contributed by atoms with van der Waals surface area (Å²) in [6.45, 7) is 9.25. The number of hydrogen-bond acceptors (Lipinski definition) is 1. The average molecular weight is 266 g/mol. The van der Waals surface area contributed by atoms with Crippen molar-refractivity contribution in [3.63, 3.8) is 0 Å². The van der Waals surface area contributed by atoms with Gasteiger partial charge in [-0.2, -0.15) is 4.58 Å². The Labute approximate surface area is 120 Å². The highest BCUT2D eigenvalue weighted by molar-refractivity contribution is 5.85. The largest absolute Gasteiger partial charge is 0.435 e. The predicted molar refractivity (Wildman–Crippen MR) is 82.4 cm³/mol. The molecule has 0 atom stereocenters. The van der Waals surface area contributed by atoms with Gasteiger partial charge in [0.2, 0.25) is 5.69 Å². The zero-order valence-corrected chi connectivity index (χ0v) is 12.5. The molecule has 0 aliphatic carbocycles. The maximum absolute atomic E-state index is 6.03. The Kier molecular flexibility index (Phi) is 3.09. The fourth-order valence-electron chi connectivity index (χ4n) is 2.74. The van der Waals surface area contributed by atoms with Gasteiger partial charge in [-0.3, -0.25) is 0 Å². The molecule has 102 valence electrons. The lowest BCUT2D eigenvalue weighted by Gasteiger charge is -2.21. The van der Waals surface area contributed by atoms with Crippen LogP contribution in [0.15, 0.2) is 30.3 Å². The summed E-state index contributed by atoms with van der Waals surface area (Å²) in [6.07, 6.45) is 2.21. The highest BCUT2D eigenvalue weighted by Gasteiger charge is 2.24. The predicted octanol–water partition coefficient (Wildman–Crippen LogP) is 4.03. The second-order valence-electron chi connectivity index (χ2n) is 5.45. The highest BCUT2D eigenvalue weighted by Crippen LogP contribution is 2.34. The Bertz CT molecular complexity index is 699. The molecular weight excluding hydrogens is 246 g/mol. The number of fused-ring (bicyclic) bond motifs is 1. The average Bonchev–Trinajstić information content (AvgIpc) is 2.51. The second-order valence-corrected chi connectivity index (χ2v) is 5.45. The summed E-state index contributed by atoms with van der Waals surface area (Å²) in [7, 11) is 0. The fourth-order valence-corrected chi connectivity index (χ4v) is 2.74. The lowest BCUT2D eigenvalue weighted by molar-refractivity contribution is -0.476. The van der Waals surface area contributed by atoms with E-state index in [1.807, 2.05) is 6.07 Å². The minimum Gasteiger partial charge on any atom is -0.435 e. The molecule has 20 heavy (non-hydrogen) atoms. The third-order valence-corrected chi connectivity index (χ3v) is 4.40. The van der Waals surface area contributed by atoms with Gasteiger partial charge in [-0.15, -0.1) is 0 Å². The van der Waals surface area contributed by atoms with Crippen LogP contribution < -0.4 is 4.74 Å². The number of rotatable bonds is 1. The first-order valence-electron chi connectivity index (χ1n) is 6.99. The van der Waals surface area contributed by atoms with Crippen molar-refractivity contribution in [3.8, 4) is 5.75 Å². The van der Waals surface area contributed by atoms with Crippen LogP contribution in [-0.2, 0) is 0 Å². The third kappa shape index (κ3) is 1.92. The molecule has 0 spiro atoms. The van der Waals surface area contributed by atoms with Crippen molar-refractivity contribution in [1.29, 1.82) is 0 Å². The number of nitrogens with zero attached hydrogens (tertiary/aromatic N) is 1. The first-order chi connectivity index (χ1) is 9.59. The van der Waals surface area contributed by atoms with Crippen molar-refractivity contribution >= 4 is 11.9 Å². The quantitative estimate of drug-likeness (QED) is 0.710. The first kappa shape index (κ1) is 12.9. The maximum Gasteiger partial charge on any atom is 0.292 e. The van der Waals surface area contributed by atoms with E-state index >= 15 is 0 Å². The van der Waals surface area contributed by atoms with Crippen LogP contribution >= 0.6 is 0 Å². The minimum atomic E-state index is 0.569. The molecule has 0 N–H and O–H groups in total. The molecule has 3 rings (SSSR count). The molecule has 1 aliphatic rings. The van der Waals surface area contributed by atoms with Crippen LogP contribution in [0.3, 0.4) is 0 Å². The van der Waals surface area contributed by atoms with Gasteiger partial charge in [-0.1, -0.05) is 18.2 Å². The van der Waals surface area contributed by atoms with Gasteiger partial charge in [0.25, 0.3) is 6.73 Å². The minimum absolute atomic E-state index is 0.569. The zero-order valence-electron chi connectivity index (χ0n) is 12.5. The molecule has 0 aromatic heterocycles. The smallest absolute Gasteiger partial charge is 0.292 e. The monoisotopic (exact) mass is 266 g/mol. The van der Waals surface area contributed by atoms with Gasteiger partial charge in [0.1, 0.15) is 5.75 Å². The van der Waals surface area contributed by atoms with Crippen molar-refractivity contribution in [1.82, 2.24) is 0 Å². The highest BCUT2D eigenvalue weighted by atomic mass is 16.5. The standard InChI is InChI=1S/C18H20NO/c1-12-13(2)15(4)18-17(14(12)3)10-19(11-20-18)16-8-6-5-7-9-16/h5-10H,11H2,1-4H3/q+1. The van der Waals surface area contributed by atoms with Crippen LogP contribution in [-0.4, -0.2) is 17.5 Å². The van der Waals surface area contributed by atoms with Crippen molar-refractivity contribution in [2.24, 2.45) is 0 Å². The molecule has 2 nitrogen and oxygen atoms in total. The van der Waals surface area contributed by atoms with E-state index in [0.29, 0.717) is 6.73 Å². The van der Waals surface area contributed by atoms with Crippen LogP contribution in [0.5, 0.6) is 5.75 Å². The fraction of sp³-hybridized carbons (Fsp3) is 0.278. The molecule has 0 fully saturated rings. The lowest BCUT2D eigenvalue weighted by Crippen LogP contribution is -2.22. The summed E-state index contributed by atoms with van der Waals surface area (Å²) in [6, 6.07) is 10.3. The normalized spacial score (nSPS) is 13.5. The molecule has 0 saturated heterocycles. The van der Waals surface area contributed by atoms with E-state index in [1.54, 1.807) is 0 Å². The number of benzene rings is 2. The summed E-state index contributed by atoms with van der Waals surface area (Å²) in [5.74, 6) is 1.04. The van der Waals surface area contributed by atoms with Gasteiger partial charge in [-0.05, 0) is 49.9 Å². The zero-order chi connectivity index (χ0) is 14.3. The van der Waals surface area contributed by atoms with Gasteiger partial charge in [0, 0.05) is 12.1 Å². The molecule has 0 saturated carbocycles. The van der Waals surface area contributed by atoms with Crippen molar-refractivity contribution < 1.29 is 9.31 Å². The van der Waals surface area contributed by atoms with E-state index in [1.165, 1.54) is 27.8 Å². The van der Waals surface area contributed by atoms with E-state index in [9.17, 15) is 0 Å². The Hall–Kier alpha value is -2.09. The van der Waals surface area contributed by atoms with Gasteiger partial charge >= 0.3 is 0 Å². The Morgan fingerprint density at radius 2 is 1.50 bits per heavy atom. The van der Waals surface area contributed by atoms with Gasteiger partial charge < -0.3 is 4.74 Å². The molecule has 0 unspecified atom stereocenters. The van der Waals surface area contributed by atoms with Crippen LogP contribution in [0, 0.1) is 27.7 Å². The molecule has 2 aromatic rings. The van der Waals surface area contributed by atoms with Crippen molar-refractivity contribution in [2.75, 3.05) is 6.73 Å². The SMILES string of the molecule is Cc1c(C)c(C)c2c(c1C)C=[N+](c1ccccc1)CO2. The Morgan fingerprint density at radius 3 is 2.20 bits per heavy atom. The topological polar surface area (TPSA) is 12.2 Å². The third-order valence-electron chi connectivity index (χ3n) is 4.40. The molecule has 0 amide bonds. The number of hydrogen-bond donors (Lipinski definition) is 0. The second kappa shape index (κ2) is 4.78. The maximum atomic E-state index is 6.03. The molecule has 1 heterocycles. The van der Waals surface area contributed by atoms with E-state index in [-0.39, 0.29) is 0 Å². The van der Waals surface area contributed by atoms with Crippen molar-refractivity contribution in [2.45, 2.75) is 27.7 Å². The molecule has 2 heteroatoms. The van der Waals surface area contributed by atoms with Crippen LogP contribution in [0.2, 0.25) is 0 Å². The molecular formula is C18H20NO+. The van der Waals surface area contributed by atoms with Crippen molar-refractivity contribution in [3.05, 3.63) is 58.1 Å². The summed E-state index contributed by atoms with van der Waals surface area (Å²) in [4.78, 5) is 0. The van der Waals surface area contributed by atoms with E-state index in [4.69, 9.17) is 4.74 Å². The van der Waals surface area contributed by atoms with Gasteiger partial charge in [0.15, 0.2) is 6.21 Å². The molecule has 0 radical (unpaired) electrons.